The highest BCUT2D eigenvalue weighted by Gasteiger charge is 1.96. The second-order valence-electron chi connectivity index (χ2n) is 2.51. The topological polar surface area (TPSA) is 41.7 Å². The van der Waals surface area contributed by atoms with Gasteiger partial charge >= 0.3 is 0 Å². The number of allylic oxidation sites excluding steroid dienone is 1. The van der Waals surface area contributed by atoms with Gasteiger partial charge in [-0.2, -0.15) is 4.39 Å². The highest BCUT2D eigenvalue weighted by Crippen LogP contribution is 1.92. The molecule has 0 aromatic carbocycles. The minimum Gasteiger partial charge on any atom is -0.290 e. The van der Waals surface area contributed by atoms with Crippen LogP contribution in [0.2, 0.25) is 0 Å². The molecule has 0 amide bonds. The van der Waals surface area contributed by atoms with Crippen LogP contribution in [-0.4, -0.2) is 9.55 Å². The largest absolute Gasteiger partial charge is 0.290 e. The van der Waals surface area contributed by atoms with Crippen molar-refractivity contribution in [3.05, 3.63) is 36.0 Å². The Bertz CT molecular complexity index is 341. The van der Waals surface area contributed by atoms with E-state index in [-0.39, 0.29) is 5.62 Å². The molecule has 0 saturated carbocycles. The van der Waals surface area contributed by atoms with Crippen molar-refractivity contribution >= 4 is 0 Å². The quantitative estimate of drug-likeness (QED) is 0.481. The minimum absolute atomic E-state index is 0.0579. The lowest BCUT2D eigenvalue weighted by molar-refractivity contribution is 0.496. The molecule has 0 atom stereocenters. The van der Waals surface area contributed by atoms with E-state index in [9.17, 15) is 4.39 Å². The molecular formula is C9H14FN3. The zero-order chi connectivity index (χ0) is 10.4. The van der Waals surface area contributed by atoms with Crippen LogP contribution in [0.25, 0.3) is 0 Å². The van der Waals surface area contributed by atoms with Crippen LogP contribution in [0.15, 0.2) is 18.7 Å². The smallest absolute Gasteiger partial charge is 0.224 e. The third-order valence-corrected chi connectivity index (χ3v) is 1.25. The molecule has 4 heteroatoms. The SMILES string of the molecule is C=CC.Cc1cc(F)n(C)c(=N)n1. The zero-order valence-corrected chi connectivity index (χ0v) is 8.13. The van der Waals surface area contributed by atoms with E-state index in [0.717, 1.165) is 4.57 Å². The van der Waals surface area contributed by atoms with Gasteiger partial charge in [0.25, 0.3) is 0 Å². The molecule has 1 aromatic rings. The van der Waals surface area contributed by atoms with Crippen molar-refractivity contribution in [1.29, 1.82) is 5.41 Å². The highest BCUT2D eigenvalue weighted by atomic mass is 19.1. The summed E-state index contributed by atoms with van der Waals surface area (Å²) >= 11 is 0. The number of hydrogen-bond acceptors (Lipinski definition) is 2. The van der Waals surface area contributed by atoms with E-state index in [1.807, 2.05) is 6.92 Å². The number of aryl methyl sites for hydroxylation is 1. The van der Waals surface area contributed by atoms with Crippen LogP contribution in [-0.2, 0) is 7.05 Å². The fourth-order valence-corrected chi connectivity index (χ4v) is 0.645. The van der Waals surface area contributed by atoms with E-state index in [1.165, 1.54) is 13.1 Å². The molecule has 0 bridgehead atoms. The summed E-state index contributed by atoms with van der Waals surface area (Å²) in [5.41, 5.74) is 0.470. The summed E-state index contributed by atoms with van der Waals surface area (Å²) in [5.74, 6) is -0.433. The van der Waals surface area contributed by atoms with Gasteiger partial charge in [0.05, 0.1) is 0 Å². The van der Waals surface area contributed by atoms with E-state index in [0.29, 0.717) is 5.69 Å². The van der Waals surface area contributed by atoms with Gasteiger partial charge < -0.3 is 0 Å². The van der Waals surface area contributed by atoms with Crippen LogP contribution in [0.1, 0.15) is 12.6 Å². The van der Waals surface area contributed by atoms with Gasteiger partial charge in [-0.15, -0.1) is 6.58 Å². The minimum atomic E-state index is -0.433. The first-order valence-electron chi connectivity index (χ1n) is 3.84. The van der Waals surface area contributed by atoms with Gasteiger partial charge in [-0.25, -0.2) is 4.98 Å². The highest BCUT2D eigenvalue weighted by molar-refractivity contribution is 4.96. The Kier molecular flexibility index (Phi) is 4.66. The maximum Gasteiger partial charge on any atom is 0.224 e. The van der Waals surface area contributed by atoms with Crippen molar-refractivity contribution in [1.82, 2.24) is 9.55 Å². The Morgan fingerprint density at radius 1 is 1.69 bits per heavy atom. The Morgan fingerprint density at radius 3 is 2.54 bits per heavy atom. The molecule has 0 saturated heterocycles. The molecule has 0 radical (unpaired) electrons. The average molecular weight is 183 g/mol. The van der Waals surface area contributed by atoms with Crippen LogP contribution in [0, 0.1) is 18.3 Å². The van der Waals surface area contributed by atoms with Crippen molar-refractivity contribution in [2.24, 2.45) is 7.05 Å². The van der Waals surface area contributed by atoms with E-state index >= 15 is 0 Å². The van der Waals surface area contributed by atoms with E-state index in [1.54, 1.807) is 13.0 Å². The molecule has 3 nitrogen and oxygen atoms in total. The summed E-state index contributed by atoms with van der Waals surface area (Å²) in [7, 11) is 1.46. The molecule has 0 aliphatic carbocycles. The van der Waals surface area contributed by atoms with Gasteiger partial charge in [-0.05, 0) is 13.8 Å². The monoisotopic (exact) mass is 183 g/mol. The number of nitrogens with one attached hydrogen (secondary N) is 1. The van der Waals surface area contributed by atoms with Gasteiger partial charge in [0.15, 0.2) is 5.95 Å². The zero-order valence-electron chi connectivity index (χ0n) is 8.13. The summed E-state index contributed by atoms with van der Waals surface area (Å²) in [6.07, 6.45) is 1.75. The molecule has 1 rings (SSSR count). The standard InChI is InChI=1S/C6H8FN3.C3H6/c1-4-3-5(7)10(2)6(8)9-4;1-3-2/h3,8H,1-2H3;3H,1H2,2H3. The molecular weight excluding hydrogens is 169 g/mol. The predicted octanol–water partition coefficient (Wildman–Crippen LogP) is 1.54. The Labute approximate surface area is 77.1 Å². The van der Waals surface area contributed by atoms with Crippen LogP contribution < -0.4 is 5.62 Å². The van der Waals surface area contributed by atoms with Gasteiger partial charge in [0, 0.05) is 18.8 Å². The molecule has 0 fully saturated rings. The third-order valence-electron chi connectivity index (χ3n) is 1.25. The summed E-state index contributed by atoms with van der Waals surface area (Å²) in [5, 5.41) is 7.11. The van der Waals surface area contributed by atoms with Crippen LogP contribution >= 0.6 is 0 Å². The summed E-state index contributed by atoms with van der Waals surface area (Å²) in [4.78, 5) is 3.72. The van der Waals surface area contributed by atoms with Crippen LogP contribution in [0.3, 0.4) is 0 Å². The number of nitrogens with zero attached hydrogens (tertiary/aromatic N) is 2. The van der Waals surface area contributed by atoms with E-state index in [2.05, 4.69) is 11.6 Å². The predicted molar refractivity (Wildman–Crippen MR) is 49.6 cm³/mol. The maximum absolute atomic E-state index is 12.6. The lowest BCUT2D eigenvalue weighted by Gasteiger charge is -1.99. The molecule has 72 valence electrons. The molecule has 13 heavy (non-hydrogen) atoms. The Balaban J connectivity index is 0.000000424. The van der Waals surface area contributed by atoms with E-state index < -0.39 is 5.95 Å². The van der Waals surface area contributed by atoms with Crippen LogP contribution in [0.5, 0.6) is 0 Å². The molecule has 1 N–H and O–H groups in total. The molecule has 0 aliphatic heterocycles. The van der Waals surface area contributed by atoms with Crippen molar-refractivity contribution in [2.45, 2.75) is 13.8 Å². The number of rotatable bonds is 0. The lowest BCUT2D eigenvalue weighted by Crippen LogP contribution is -2.23. The summed E-state index contributed by atoms with van der Waals surface area (Å²) in [6.45, 7) is 6.90. The second kappa shape index (κ2) is 5.24. The summed E-state index contributed by atoms with van der Waals surface area (Å²) < 4.78 is 13.7. The van der Waals surface area contributed by atoms with Crippen molar-refractivity contribution in [2.75, 3.05) is 0 Å². The van der Waals surface area contributed by atoms with Gasteiger partial charge in [0.1, 0.15) is 0 Å². The molecule has 0 unspecified atom stereocenters. The number of hydrogen-bond donors (Lipinski definition) is 1. The molecule has 0 aliphatic rings. The first-order chi connectivity index (χ1) is 6.02. The van der Waals surface area contributed by atoms with Crippen molar-refractivity contribution in [3.63, 3.8) is 0 Å². The first kappa shape index (κ1) is 11.6. The van der Waals surface area contributed by atoms with E-state index in [4.69, 9.17) is 5.41 Å². The Hall–Kier alpha value is -1.45. The summed E-state index contributed by atoms with van der Waals surface area (Å²) in [6, 6.07) is 1.29. The third kappa shape index (κ3) is 3.64. The van der Waals surface area contributed by atoms with Crippen molar-refractivity contribution in [3.8, 4) is 0 Å². The average Bonchev–Trinajstić information content (AvgIpc) is 2.01. The van der Waals surface area contributed by atoms with Gasteiger partial charge in [-0.3, -0.25) is 9.98 Å². The van der Waals surface area contributed by atoms with Gasteiger partial charge in [-0.1, -0.05) is 6.08 Å². The fourth-order valence-electron chi connectivity index (χ4n) is 0.645. The molecule has 1 heterocycles. The molecule has 0 spiro atoms. The maximum atomic E-state index is 12.6. The second-order valence-corrected chi connectivity index (χ2v) is 2.51. The Morgan fingerprint density at radius 2 is 2.15 bits per heavy atom. The normalized spacial score (nSPS) is 8.62. The first-order valence-corrected chi connectivity index (χ1v) is 3.84. The van der Waals surface area contributed by atoms with Crippen LogP contribution in [0.4, 0.5) is 4.39 Å². The number of halogens is 1. The van der Waals surface area contributed by atoms with Gasteiger partial charge in [0.2, 0.25) is 5.62 Å². The number of aromatic nitrogens is 2. The molecule has 1 aromatic heterocycles. The lowest BCUT2D eigenvalue weighted by atomic mass is 10.4. The van der Waals surface area contributed by atoms with Crippen molar-refractivity contribution < 1.29 is 4.39 Å². The fraction of sp³-hybridized carbons (Fsp3) is 0.333.